The van der Waals surface area contributed by atoms with E-state index >= 15 is 0 Å². The van der Waals surface area contributed by atoms with Gasteiger partial charge in [0.15, 0.2) is 0 Å². The van der Waals surface area contributed by atoms with Crippen molar-refractivity contribution in [3.05, 3.63) is 35.9 Å². The number of nitrogens with zero attached hydrogens (tertiary/aromatic N) is 1. The summed E-state index contributed by atoms with van der Waals surface area (Å²) in [6, 6.07) is 9.76. The Labute approximate surface area is 126 Å². The third-order valence-corrected chi connectivity index (χ3v) is 4.33. The Hall–Kier alpha value is -1.39. The van der Waals surface area contributed by atoms with E-state index < -0.39 is 11.0 Å². The molecule has 1 aliphatic heterocycles. The maximum Gasteiger partial charge on any atom is 0.232 e. The zero-order chi connectivity index (χ0) is 15.5. The smallest absolute Gasteiger partial charge is 0.232 e. The highest BCUT2D eigenvalue weighted by Crippen LogP contribution is 2.27. The molecule has 0 aliphatic carbocycles. The molecule has 21 heavy (non-hydrogen) atoms. The van der Waals surface area contributed by atoms with Gasteiger partial charge in [-0.25, -0.2) is 0 Å². The van der Waals surface area contributed by atoms with Crippen LogP contribution in [0.15, 0.2) is 30.3 Å². The van der Waals surface area contributed by atoms with Gasteiger partial charge in [-0.1, -0.05) is 30.3 Å². The summed E-state index contributed by atoms with van der Waals surface area (Å²) in [5, 5.41) is 10.6. The summed E-state index contributed by atoms with van der Waals surface area (Å²) in [6.07, 6.45) is 1.16. The maximum absolute atomic E-state index is 12.8. The van der Waals surface area contributed by atoms with E-state index in [2.05, 4.69) is 0 Å². The second-order valence-corrected chi connectivity index (χ2v) is 6.49. The maximum atomic E-state index is 12.8. The molecule has 1 saturated heterocycles. The number of ether oxygens (including phenoxy) is 1. The van der Waals surface area contributed by atoms with Crippen LogP contribution in [0.2, 0.25) is 0 Å². The zero-order valence-electron chi connectivity index (χ0n) is 13.1. The van der Waals surface area contributed by atoms with Gasteiger partial charge in [-0.05, 0) is 19.4 Å². The van der Waals surface area contributed by atoms with Crippen LogP contribution in [0.1, 0.15) is 32.3 Å². The standard InChI is InChI=1S/C17H25NO3/c1-16(2,14-7-5-4-6-8-14)15(19)18(3)13-17(20)9-11-21-12-10-17/h4-8,20H,9-13H2,1-3H3. The van der Waals surface area contributed by atoms with Crippen molar-refractivity contribution in [3.8, 4) is 0 Å². The van der Waals surface area contributed by atoms with Gasteiger partial charge in [-0.3, -0.25) is 4.79 Å². The van der Waals surface area contributed by atoms with Gasteiger partial charge in [0.05, 0.1) is 11.0 Å². The molecule has 116 valence electrons. The summed E-state index contributed by atoms with van der Waals surface area (Å²) in [7, 11) is 1.76. The minimum absolute atomic E-state index is 0.0219. The van der Waals surface area contributed by atoms with E-state index in [9.17, 15) is 9.90 Å². The predicted octanol–water partition coefficient (Wildman–Crippen LogP) is 1.96. The molecule has 4 heteroatoms. The Morgan fingerprint density at radius 1 is 1.29 bits per heavy atom. The van der Waals surface area contributed by atoms with Crippen LogP contribution in [-0.2, 0) is 14.9 Å². The fraction of sp³-hybridized carbons (Fsp3) is 0.588. The highest BCUT2D eigenvalue weighted by atomic mass is 16.5. The van der Waals surface area contributed by atoms with E-state index in [0.717, 1.165) is 5.56 Å². The molecule has 0 unspecified atom stereocenters. The monoisotopic (exact) mass is 291 g/mol. The normalized spacial score (nSPS) is 18.3. The topological polar surface area (TPSA) is 49.8 Å². The molecule has 0 saturated carbocycles. The van der Waals surface area contributed by atoms with E-state index in [-0.39, 0.29) is 5.91 Å². The summed E-state index contributed by atoms with van der Waals surface area (Å²) in [4.78, 5) is 14.4. The molecule has 4 nitrogen and oxygen atoms in total. The van der Waals surface area contributed by atoms with Gasteiger partial charge < -0.3 is 14.7 Å². The lowest BCUT2D eigenvalue weighted by Gasteiger charge is -2.38. The number of amides is 1. The van der Waals surface area contributed by atoms with Crippen LogP contribution in [0.4, 0.5) is 0 Å². The molecule has 0 spiro atoms. The fourth-order valence-corrected chi connectivity index (χ4v) is 2.88. The van der Waals surface area contributed by atoms with Crippen molar-refractivity contribution in [2.24, 2.45) is 0 Å². The first-order chi connectivity index (χ1) is 9.85. The number of likely N-dealkylation sites (N-methyl/N-ethyl adjacent to an activating group) is 1. The highest BCUT2D eigenvalue weighted by molar-refractivity contribution is 5.87. The van der Waals surface area contributed by atoms with Crippen LogP contribution in [-0.4, -0.2) is 48.3 Å². The third-order valence-electron chi connectivity index (χ3n) is 4.33. The molecule has 0 aromatic heterocycles. The second-order valence-electron chi connectivity index (χ2n) is 6.49. The quantitative estimate of drug-likeness (QED) is 0.922. The molecule has 1 fully saturated rings. The summed E-state index contributed by atoms with van der Waals surface area (Å²) in [5.41, 5.74) is -0.437. The molecule has 0 radical (unpaired) electrons. The lowest BCUT2D eigenvalue weighted by molar-refractivity contribution is -0.141. The van der Waals surface area contributed by atoms with Crippen molar-refractivity contribution in [1.82, 2.24) is 4.90 Å². The summed E-state index contributed by atoms with van der Waals surface area (Å²) >= 11 is 0. The molecule has 1 aliphatic rings. The first-order valence-electron chi connectivity index (χ1n) is 7.46. The fourth-order valence-electron chi connectivity index (χ4n) is 2.88. The van der Waals surface area contributed by atoms with E-state index in [1.165, 1.54) is 0 Å². The number of aliphatic hydroxyl groups is 1. The van der Waals surface area contributed by atoms with Crippen molar-refractivity contribution in [1.29, 1.82) is 0 Å². The highest BCUT2D eigenvalue weighted by Gasteiger charge is 2.37. The van der Waals surface area contributed by atoms with E-state index in [1.54, 1.807) is 11.9 Å². The Morgan fingerprint density at radius 2 is 1.86 bits per heavy atom. The van der Waals surface area contributed by atoms with Crippen molar-refractivity contribution < 1.29 is 14.6 Å². The van der Waals surface area contributed by atoms with Gasteiger partial charge >= 0.3 is 0 Å². The number of benzene rings is 1. The zero-order valence-corrected chi connectivity index (χ0v) is 13.1. The number of carbonyl (C=O) groups is 1. The molecule has 2 rings (SSSR count). The van der Waals surface area contributed by atoms with E-state index in [4.69, 9.17) is 4.74 Å². The molecule has 1 aromatic rings. The summed E-state index contributed by atoms with van der Waals surface area (Å²) in [6.45, 7) is 5.32. The molecular weight excluding hydrogens is 266 g/mol. The number of hydrogen-bond acceptors (Lipinski definition) is 3. The van der Waals surface area contributed by atoms with Gasteiger partial charge in [0.1, 0.15) is 0 Å². The van der Waals surface area contributed by atoms with Gasteiger partial charge in [0, 0.05) is 39.6 Å². The molecule has 1 aromatic carbocycles. The van der Waals surface area contributed by atoms with Crippen molar-refractivity contribution in [3.63, 3.8) is 0 Å². The first kappa shape index (κ1) is 16.0. The summed E-state index contributed by atoms with van der Waals surface area (Å²) in [5.74, 6) is 0.0219. The van der Waals surface area contributed by atoms with Gasteiger partial charge in [-0.15, -0.1) is 0 Å². The number of hydrogen-bond donors (Lipinski definition) is 1. The minimum atomic E-state index is -0.824. The Morgan fingerprint density at radius 3 is 2.43 bits per heavy atom. The van der Waals surface area contributed by atoms with Gasteiger partial charge in [0.2, 0.25) is 5.91 Å². The third kappa shape index (κ3) is 3.63. The summed E-state index contributed by atoms with van der Waals surface area (Å²) < 4.78 is 5.28. The average molecular weight is 291 g/mol. The van der Waals surface area contributed by atoms with Crippen LogP contribution < -0.4 is 0 Å². The predicted molar refractivity (Wildman–Crippen MR) is 82.1 cm³/mol. The van der Waals surface area contributed by atoms with Crippen molar-refractivity contribution in [2.75, 3.05) is 26.8 Å². The lowest BCUT2D eigenvalue weighted by Crippen LogP contribution is -2.51. The first-order valence-corrected chi connectivity index (χ1v) is 7.46. The van der Waals surface area contributed by atoms with Gasteiger partial charge in [0.25, 0.3) is 0 Å². The Balaban J connectivity index is 2.08. The SMILES string of the molecule is CN(CC1(O)CCOCC1)C(=O)C(C)(C)c1ccccc1. The van der Waals surface area contributed by atoms with Crippen molar-refractivity contribution >= 4 is 5.91 Å². The number of carbonyl (C=O) groups excluding carboxylic acids is 1. The van der Waals surface area contributed by atoms with Crippen LogP contribution in [0.25, 0.3) is 0 Å². The largest absolute Gasteiger partial charge is 0.388 e. The molecular formula is C17H25NO3. The van der Waals surface area contributed by atoms with Crippen LogP contribution >= 0.6 is 0 Å². The molecule has 1 amide bonds. The molecule has 0 bridgehead atoms. The van der Waals surface area contributed by atoms with E-state index in [0.29, 0.717) is 32.6 Å². The van der Waals surface area contributed by atoms with Crippen LogP contribution in [0.3, 0.4) is 0 Å². The van der Waals surface area contributed by atoms with E-state index in [1.807, 2.05) is 44.2 Å². The van der Waals surface area contributed by atoms with Gasteiger partial charge in [-0.2, -0.15) is 0 Å². The van der Waals surface area contributed by atoms with Crippen LogP contribution in [0.5, 0.6) is 0 Å². The average Bonchev–Trinajstić information content (AvgIpc) is 2.47. The Bertz CT molecular complexity index is 478. The second kappa shape index (κ2) is 6.16. The Kier molecular flexibility index (Phi) is 4.69. The molecule has 1 N–H and O–H groups in total. The molecule has 0 atom stereocenters. The van der Waals surface area contributed by atoms with Crippen LogP contribution in [0, 0.1) is 0 Å². The number of rotatable bonds is 4. The lowest BCUT2D eigenvalue weighted by atomic mass is 9.82. The van der Waals surface area contributed by atoms with Crippen molar-refractivity contribution in [2.45, 2.75) is 37.7 Å². The molecule has 1 heterocycles. The minimum Gasteiger partial charge on any atom is -0.388 e.